The van der Waals surface area contributed by atoms with E-state index in [2.05, 4.69) is 5.32 Å². The number of nitrogens with one attached hydrogen (secondary N) is 1. The molecule has 0 spiro atoms. The largest absolute Gasteiger partial charge is 0.348 e. The third kappa shape index (κ3) is 5.47. The molecule has 8 nitrogen and oxygen atoms in total. The molecule has 2 aliphatic rings. The van der Waals surface area contributed by atoms with Crippen molar-refractivity contribution in [3.8, 4) is 0 Å². The van der Waals surface area contributed by atoms with E-state index in [1.807, 2.05) is 0 Å². The van der Waals surface area contributed by atoms with Crippen LogP contribution in [0.15, 0.2) is 35.1 Å². The Hall–Kier alpha value is -2.65. The lowest BCUT2D eigenvalue weighted by molar-refractivity contribution is 0.0697. The van der Waals surface area contributed by atoms with Crippen LogP contribution >= 0.6 is 11.6 Å². The summed E-state index contributed by atoms with van der Waals surface area (Å²) in [5.41, 5.74) is 1.47. The van der Waals surface area contributed by atoms with Crippen molar-refractivity contribution in [3.05, 3.63) is 68.1 Å². The number of sulfone groups is 1. The first kappa shape index (κ1) is 23.5. The van der Waals surface area contributed by atoms with Gasteiger partial charge in [-0.25, -0.2) is 8.42 Å². The normalized spacial score (nSPS) is 15.9. The van der Waals surface area contributed by atoms with Crippen molar-refractivity contribution in [2.45, 2.75) is 38.3 Å². The fraction of sp³-hybridized carbons (Fsp3) is 0.435. The highest BCUT2D eigenvalue weighted by molar-refractivity contribution is 7.90. The lowest BCUT2D eigenvalue weighted by Gasteiger charge is -2.31. The Morgan fingerprint density at radius 3 is 2.48 bits per heavy atom. The van der Waals surface area contributed by atoms with Crippen LogP contribution in [-0.2, 0) is 22.9 Å². The summed E-state index contributed by atoms with van der Waals surface area (Å²) in [7, 11) is -3.11. The summed E-state index contributed by atoms with van der Waals surface area (Å²) in [5, 5.41) is 3.38. The number of fused-ring (bicyclic) bond motifs is 1. The molecule has 1 aliphatic heterocycles. The van der Waals surface area contributed by atoms with E-state index >= 15 is 0 Å². The molecular weight excluding hydrogens is 466 g/mol. The molecule has 0 saturated heterocycles. The monoisotopic (exact) mass is 491 g/mol. The minimum Gasteiger partial charge on any atom is -0.348 e. The van der Waals surface area contributed by atoms with Crippen molar-refractivity contribution < 1.29 is 18.0 Å². The van der Waals surface area contributed by atoms with Crippen LogP contribution in [0.3, 0.4) is 0 Å². The summed E-state index contributed by atoms with van der Waals surface area (Å²) in [4.78, 5) is 40.8. The van der Waals surface area contributed by atoms with Crippen LogP contribution in [0.1, 0.15) is 57.2 Å². The van der Waals surface area contributed by atoms with Crippen molar-refractivity contribution in [1.29, 1.82) is 0 Å². The molecule has 1 saturated carbocycles. The lowest BCUT2D eigenvalue weighted by Crippen LogP contribution is -2.47. The number of carbonyl (C=O) groups excluding carboxylic acids is 2. The zero-order valence-electron chi connectivity index (χ0n) is 18.3. The van der Waals surface area contributed by atoms with Gasteiger partial charge in [0.25, 0.3) is 17.4 Å². The van der Waals surface area contributed by atoms with Gasteiger partial charge in [0.05, 0.1) is 5.75 Å². The molecule has 2 heterocycles. The Morgan fingerprint density at radius 1 is 1.15 bits per heavy atom. The van der Waals surface area contributed by atoms with Gasteiger partial charge in [-0.1, -0.05) is 23.7 Å². The second-order valence-corrected chi connectivity index (χ2v) is 11.4. The van der Waals surface area contributed by atoms with Gasteiger partial charge in [0.1, 0.15) is 21.1 Å². The van der Waals surface area contributed by atoms with E-state index in [1.54, 1.807) is 35.2 Å². The molecule has 0 radical (unpaired) electrons. The van der Waals surface area contributed by atoms with Gasteiger partial charge in [-0.15, -0.1) is 0 Å². The van der Waals surface area contributed by atoms with Crippen LogP contribution < -0.4 is 10.9 Å². The molecule has 4 rings (SSSR count). The Kier molecular flexibility index (Phi) is 6.63. The van der Waals surface area contributed by atoms with Crippen molar-refractivity contribution in [1.82, 2.24) is 14.8 Å². The number of hydrogen-bond acceptors (Lipinski definition) is 5. The number of benzene rings is 1. The molecule has 176 valence electrons. The molecule has 33 heavy (non-hydrogen) atoms. The van der Waals surface area contributed by atoms with Gasteiger partial charge in [0.2, 0.25) is 0 Å². The maximum absolute atomic E-state index is 13.2. The first-order valence-electron chi connectivity index (χ1n) is 10.9. The van der Waals surface area contributed by atoms with Crippen molar-refractivity contribution in [2.75, 3.05) is 25.1 Å². The molecular formula is C23H26ClN3O5S. The van der Waals surface area contributed by atoms with Gasteiger partial charge in [0, 0.05) is 37.5 Å². The van der Waals surface area contributed by atoms with Crippen LogP contribution in [0.4, 0.5) is 0 Å². The number of hydrogen-bond donors (Lipinski definition) is 1. The van der Waals surface area contributed by atoms with E-state index in [4.69, 9.17) is 11.6 Å². The first-order chi connectivity index (χ1) is 15.6. The van der Waals surface area contributed by atoms with Gasteiger partial charge < -0.3 is 14.8 Å². The van der Waals surface area contributed by atoms with E-state index < -0.39 is 21.3 Å². The highest BCUT2D eigenvalue weighted by Crippen LogP contribution is 2.42. The molecule has 1 aromatic heterocycles. The molecule has 10 heteroatoms. The molecule has 0 bridgehead atoms. The molecule has 0 unspecified atom stereocenters. The molecule has 1 fully saturated rings. The van der Waals surface area contributed by atoms with E-state index in [0.29, 0.717) is 30.2 Å². The summed E-state index contributed by atoms with van der Waals surface area (Å²) >= 11 is 5.89. The molecule has 1 aromatic carbocycles. The average molecular weight is 492 g/mol. The SMILES string of the molecule is CS(=O)(=O)CCCN1CCn2c(c(C3CC3)cc(C(=O)NCc3ccc(Cl)cc3)c2=O)C1=O. The predicted molar refractivity (Wildman–Crippen MR) is 126 cm³/mol. The summed E-state index contributed by atoms with van der Waals surface area (Å²) in [6, 6.07) is 8.63. The smallest absolute Gasteiger partial charge is 0.270 e. The minimum atomic E-state index is -3.11. The van der Waals surface area contributed by atoms with Crippen molar-refractivity contribution in [3.63, 3.8) is 0 Å². The van der Waals surface area contributed by atoms with Gasteiger partial charge in [-0.3, -0.25) is 14.4 Å². The average Bonchev–Trinajstić information content (AvgIpc) is 3.59. The highest BCUT2D eigenvalue weighted by Gasteiger charge is 2.36. The third-order valence-electron chi connectivity index (χ3n) is 5.97. The standard InChI is InChI=1S/C23H26ClN3O5S/c1-33(31,32)12-2-9-26-10-11-27-20(23(26)30)18(16-5-6-16)13-19(22(27)29)21(28)25-14-15-3-7-17(24)8-4-15/h3-4,7-8,13,16H,2,5-6,9-12,14H2,1H3,(H,25,28). The number of carbonyl (C=O) groups is 2. The Labute approximate surface area is 197 Å². The quantitative estimate of drug-likeness (QED) is 0.609. The Bertz CT molecular complexity index is 1250. The second-order valence-electron chi connectivity index (χ2n) is 8.68. The first-order valence-corrected chi connectivity index (χ1v) is 13.4. The lowest BCUT2D eigenvalue weighted by atomic mass is 10.0. The van der Waals surface area contributed by atoms with E-state index in [1.165, 1.54) is 10.8 Å². The third-order valence-corrected chi connectivity index (χ3v) is 7.26. The van der Waals surface area contributed by atoms with Gasteiger partial charge in [0.15, 0.2) is 0 Å². The topological polar surface area (TPSA) is 106 Å². The number of amides is 2. The second kappa shape index (κ2) is 9.30. The molecule has 0 atom stereocenters. The van der Waals surface area contributed by atoms with Gasteiger partial charge in [-0.2, -0.15) is 0 Å². The minimum absolute atomic E-state index is 0.00575. The van der Waals surface area contributed by atoms with Crippen LogP contribution in [0.2, 0.25) is 5.02 Å². The van der Waals surface area contributed by atoms with E-state index in [9.17, 15) is 22.8 Å². The van der Waals surface area contributed by atoms with Crippen LogP contribution in [-0.4, -0.2) is 54.8 Å². The Morgan fingerprint density at radius 2 is 1.85 bits per heavy atom. The predicted octanol–water partition coefficient (Wildman–Crippen LogP) is 2.20. The number of pyridine rings is 1. The zero-order valence-corrected chi connectivity index (χ0v) is 19.9. The highest BCUT2D eigenvalue weighted by atomic mass is 35.5. The summed E-state index contributed by atoms with van der Waals surface area (Å²) in [6.07, 6.45) is 3.32. The summed E-state index contributed by atoms with van der Waals surface area (Å²) in [6.45, 7) is 1.14. The molecule has 1 aliphatic carbocycles. The number of rotatable bonds is 8. The van der Waals surface area contributed by atoms with Crippen LogP contribution in [0.25, 0.3) is 0 Å². The summed E-state index contributed by atoms with van der Waals surface area (Å²) in [5.74, 6) is -0.599. The Balaban J connectivity index is 1.57. The summed E-state index contributed by atoms with van der Waals surface area (Å²) < 4.78 is 24.3. The fourth-order valence-electron chi connectivity index (χ4n) is 4.09. The van der Waals surface area contributed by atoms with Gasteiger partial charge >= 0.3 is 0 Å². The maximum atomic E-state index is 13.2. The fourth-order valence-corrected chi connectivity index (χ4v) is 4.87. The van der Waals surface area contributed by atoms with Crippen molar-refractivity contribution >= 4 is 33.3 Å². The van der Waals surface area contributed by atoms with E-state index in [0.717, 1.165) is 24.0 Å². The van der Waals surface area contributed by atoms with Gasteiger partial charge in [-0.05, 0) is 54.5 Å². The van der Waals surface area contributed by atoms with Crippen LogP contribution in [0, 0.1) is 0 Å². The molecule has 2 aromatic rings. The molecule has 2 amide bonds. The molecule has 1 N–H and O–H groups in total. The van der Waals surface area contributed by atoms with Crippen LogP contribution in [0.5, 0.6) is 0 Å². The number of nitrogens with zero attached hydrogens (tertiary/aromatic N) is 2. The maximum Gasteiger partial charge on any atom is 0.270 e. The van der Waals surface area contributed by atoms with E-state index in [-0.39, 0.29) is 36.2 Å². The van der Waals surface area contributed by atoms with Crippen molar-refractivity contribution in [2.24, 2.45) is 0 Å². The zero-order chi connectivity index (χ0) is 23.8. The number of aromatic nitrogens is 1. The number of halogens is 1.